The van der Waals surface area contributed by atoms with Gasteiger partial charge in [-0.05, 0) is 36.8 Å². The molecule has 0 aliphatic heterocycles. The Morgan fingerprint density at radius 1 is 1.24 bits per heavy atom. The number of hydrogen-bond donors (Lipinski definition) is 3. The average Bonchev–Trinajstić information content (AvgIpc) is 3.08. The third-order valence-corrected chi connectivity index (χ3v) is 4.74. The maximum absolute atomic E-state index is 13.2. The van der Waals surface area contributed by atoms with E-state index in [9.17, 15) is 18.4 Å². The van der Waals surface area contributed by atoms with Crippen LogP contribution in [0.3, 0.4) is 0 Å². The van der Waals surface area contributed by atoms with E-state index in [2.05, 4.69) is 15.0 Å². The van der Waals surface area contributed by atoms with Crippen LogP contribution in [0.15, 0.2) is 18.2 Å². The van der Waals surface area contributed by atoms with Crippen molar-refractivity contribution >= 4 is 28.5 Å². The second-order valence-corrected chi connectivity index (χ2v) is 7.12. The molecule has 3 amide bonds. The maximum atomic E-state index is 13.2. The van der Waals surface area contributed by atoms with Gasteiger partial charge in [0, 0.05) is 18.7 Å². The summed E-state index contributed by atoms with van der Waals surface area (Å²) < 4.78 is 36.0. The van der Waals surface area contributed by atoms with E-state index in [1.54, 1.807) is 6.07 Å². The minimum Gasteiger partial charge on any atom is -0.472 e. The summed E-state index contributed by atoms with van der Waals surface area (Å²) in [5.41, 5.74) is 6.22. The Morgan fingerprint density at radius 3 is 2.45 bits per heavy atom. The molecule has 0 saturated carbocycles. The topological polar surface area (TPSA) is 110 Å². The van der Waals surface area contributed by atoms with Gasteiger partial charge in [0.15, 0.2) is 0 Å². The molecule has 8 nitrogen and oxygen atoms in total. The standard InChI is InChI=1S/C18H23F2N5O3S/c1-25(2)7-6-22-18(27)23-17-14(15(21)26)16(24-29-17)28-10-13-11(8-19)4-3-5-12(13)9-20/h3-5H,6-10H2,1-2H3,(H2,21,26)(H2,22,23,27). The highest BCUT2D eigenvalue weighted by molar-refractivity contribution is 7.11. The van der Waals surface area contributed by atoms with Crippen LogP contribution in [0.25, 0.3) is 0 Å². The second-order valence-electron chi connectivity index (χ2n) is 6.35. The fourth-order valence-corrected chi connectivity index (χ4v) is 3.22. The molecular formula is C18H23F2N5O3S. The molecule has 1 heterocycles. The molecule has 1 aromatic heterocycles. The minimum atomic E-state index is -0.846. The predicted molar refractivity (Wildman–Crippen MR) is 107 cm³/mol. The van der Waals surface area contributed by atoms with E-state index in [0.717, 1.165) is 11.5 Å². The van der Waals surface area contributed by atoms with E-state index in [-0.39, 0.29) is 34.2 Å². The molecule has 0 radical (unpaired) electrons. The molecule has 0 aliphatic rings. The van der Waals surface area contributed by atoms with Crippen molar-refractivity contribution in [3.63, 3.8) is 0 Å². The number of carbonyl (C=O) groups excluding carboxylic acids is 2. The third kappa shape index (κ3) is 6.09. The molecule has 0 bridgehead atoms. The number of nitrogens with two attached hydrogens (primary N) is 1. The Balaban J connectivity index is 2.13. The summed E-state index contributed by atoms with van der Waals surface area (Å²) in [6.45, 7) is -0.729. The van der Waals surface area contributed by atoms with Crippen LogP contribution in [-0.2, 0) is 20.0 Å². The molecule has 1 aromatic carbocycles. The van der Waals surface area contributed by atoms with Crippen LogP contribution in [-0.4, -0.2) is 48.4 Å². The lowest BCUT2D eigenvalue weighted by atomic mass is 10.0. The van der Waals surface area contributed by atoms with Gasteiger partial charge in [-0.3, -0.25) is 10.1 Å². The summed E-state index contributed by atoms with van der Waals surface area (Å²) in [5.74, 6) is -0.952. The van der Waals surface area contributed by atoms with Crippen molar-refractivity contribution in [2.45, 2.75) is 20.0 Å². The fourth-order valence-electron chi connectivity index (χ4n) is 2.48. The van der Waals surface area contributed by atoms with Gasteiger partial charge in [-0.15, -0.1) is 0 Å². The van der Waals surface area contributed by atoms with Gasteiger partial charge >= 0.3 is 6.03 Å². The van der Waals surface area contributed by atoms with Gasteiger partial charge in [0.1, 0.15) is 30.5 Å². The monoisotopic (exact) mass is 427 g/mol. The Bertz CT molecular complexity index is 838. The summed E-state index contributed by atoms with van der Waals surface area (Å²) in [6.07, 6.45) is 0. The fraction of sp³-hybridized carbons (Fsp3) is 0.389. The molecule has 158 valence electrons. The number of nitrogens with one attached hydrogen (secondary N) is 2. The number of carbonyl (C=O) groups is 2. The maximum Gasteiger partial charge on any atom is 0.319 e. The van der Waals surface area contributed by atoms with Crippen LogP contribution < -0.4 is 21.1 Å². The van der Waals surface area contributed by atoms with Gasteiger partial charge in [-0.1, -0.05) is 18.2 Å². The number of halogens is 2. The number of alkyl halides is 2. The first kappa shape index (κ1) is 22.5. The number of rotatable bonds is 10. The number of anilines is 1. The van der Waals surface area contributed by atoms with Crippen molar-refractivity contribution in [2.24, 2.45) is 5.73 Å². The highest BCUT2D eigenvalue weighted by Gasteiger charge is 2.22. The first-order chi connectivity index (χ1) is 13.9. The van der Waals surface area contributed by atoms with E-state index >= 15 is 0 Å². The molecule has 11 heteroatoms. The van der Waals surface area contributed by atoms with Crippen LogP contribution in [0.2, 0.25) is 0 Å². The Labute approximate surface area is 171 Å². The minimum absolute atomic E-state index is 0.0997. The molecule has 29 heavy (non-hydrogen) atoms. The van der Waals surface area contributed by atoms with Crippen molar-refractivity contribution < 1.29 is 23.1 Å². The van der Waals surface area contributed by atoms with Gasteiger partial charge in [-0.25, -0.2) is 13.6 Å². The van der Waals surface area contributed by atoms with Crippen LogP contribution in [0.5, 0.6) is 5.88 Å². The number of benzene rings is 1. The van der Waals surface area contributed by atoms with Gasteiger partial charge in [0.25, 0.3) is 5.91 Å². The van der Waals surface area contributed by atoms with Crippen molar-refractivity contribution in [1.82, 2.24) is 14.6 Å². The number of amides is 3. The molecule has 0 spiro atoms. The summed E-state index contributed by atoms with van der Waals surface area (Å²) in [6, 6.07) is 4.09. The van der Waals surface area contributed by atoms with E-state index in [0.29, 0.717) is 18.7 Å². The lowest BCUT2D eigenvalue weighted by molar-refractivity contribution is 0.0996. The summed E-state index contributed by atoms with van der Waals surface area (Å²) >= 11 is 0.821. The summed E-state index contributed by atoms with van der Waals surface area (Å²) in [4.78, 5) is 25.7. The second kappa shape index (κ2) is 10.7. The largest absolute Gasteiger partial charge is 0.472 e. The van der Waals surface area contributed by atoms with Crippen molar-refractivity contribution in [3.05, 3.63) is 40.5 Å². The first-order valence-corrected chi connectivity index (χ1v) is 9.48. The smallest absolute Gasteiger partial charge is 0.319 e. The predicted octanol–water partition coefficient (Wildman–Crippen LogP) is 2.44. The van der Waals surface area contributed by atoms with E-state index < -0.39 is 25.3 Å². The Kier molecular flexibility index (Phi) is 8.28. The number of aromatic nitrogens is 1. The van der Waals surface area contributed by atoms with E-state index in [1.165, 1.54) is 12.1 Å². The van der Waals surface area contributed by atoms with Crippen molar-refractivity contribution in [2.75, 3.05) is 32.5 Å². The molecule has 0 unspecified atom stereocenters. The Hall–Kier alpha value is -2.79. The lowest BCUT2D eigenvalue weighted by Gasteiger charge is -2.12. The molecule has 2 rings (SSSR count). The zero-order valence-corrected chi connectivity index (χ0v) is 16.9. The number of hydrogen-bond acceptors (Lipinski definition) is 6. The van der Waals surface area contributed by atoms with Crippen LogP contribution in [0.4, 0.5) is 18.6 Å². The third-order valence-electron chi connectivity index (χ3n) is 3.99. The molecule has 0 atom stereocenters. The number of primary amides is 1. The lowest BCUT2D eigenvalue weighted by Crippen LogP contribution is -2.34. The van der Waals surface area contributed by atoms with Gasteiger partial charge < -0.3 is 20.7 Å². The quantitative estimate of drug-likeness (QED) is 0.540. The number of nitrogens with zero attached hydrogens (tertiary/aromatic N) is 2. The average molecular weight is 427 g/mol. The molecule has 0 aliphatic carbocycles. The number of likely N-dealkylation sites (N-methyl/N-ethyl adjacent to an activating group) is 1. The molecule has 0 fully saturated rings. The molecule has 2 aromatic rings. The number of ether oxygens (including phenoxy) is 1. The normalized spacial score (nSPS) is 10.8. The molecule has 4 N–H and O–H groups in total. The molecular weight excluding hydrogens is 404 g/mol. The van der Waals surface area contributed by atoms with Crippen LogP contribution in [0.1, 0.15) is 27.0 Å². The van der Waals surface area contributed by atoms with E-state index in [1.807, 2.05) is 19.0 Å². The summed E-state index contributed by atoms with van der Waals surface area (Å²) in [5, 5.41) is 5.28. The van der Waals surface area contributed by atoms with Crippen molar-refractivity contribution in [1.29, 1.82) is 0 Å². The van der Waals surface area contributed by atoms with Crippen molar-refractivity contribution in [3.8, 4) is 5.88 Å². The van der Waals surface area contributed by atoms with E-state index in [4.69, 9.17) is 10.5 Å². The zero-order chi connectivity index (χ0) is 21.4. The van der Waals surface area contributed by atoms with Crippen LogP contribution in [0, 0.1) is 0 Å². The molecule has 0 saturated heterocycles. The Morgan fingerprint density at radius 2 is 1.90 bits per heavy atom. The van der Waals surface area contributed by atoms with Gasteiger partial charge in [0.2, 0.25) is 5.88 Å². The SMILES string of the molecule is CN(C)CCNC(=O)Nc1snc(OCc2c(CF)cccc2CF)c1C(N)=O. The van der Waals surface area contributed by atoms with Gasteiger partial charge in [-0.2, -0.15) is 4.37 Å². The zero-order valence-electron chi connectivity index (χ0n) is 16.1. The van der Waals surface area contributed by atoms with Crippen LogP contribution >= 0.6 is 11.5 Å². The highest BCUT2D eigenvalue weighted by Crippen LogP contribution is 2.31. The highest BCUT2D eigenvalue weighted by atomic mass is 32.1. The van der Waals surface area contributed by atoms with Gasteiger partial charge in [0.05, 0.1) is 0 Å². The number of urea groups is 1. The summed E-state index contributed by atoms with van der Waals surface area (Å²) in [7, 11) is 3.74. The first-order valence-electron chi connectivity index (χ1n) is 8.70.